The molecule has 3 nitrogen and oxygen atoms in total. The van der Waals surface area contributed by atoms with Gasteiger partial charge in [-0.25, -0.2) is 17.2 Å². The monoisotopic (exact) mass is 311 g/mol. The topological polar surface area (TPSA) is 60.2 Å². The molecule has 6 heteroatoms. The molecule has 0 aliphatic rings. The third-order valence-corrected chi connectivity index (χ3v) is 5.05. The summed E-state index contributed by atoms with van der Waals surface area (Å²) in [6.45, 7) is 0.117. The van der Waals surface area contributed by atoms with Crippen LogP contribution >= 0.6 is 0 Å². The van der Waals surface area contributed by atoms with E-state index in [0.29, 0.717) is 6.07 Å². The number of nitrogens with two attached hydrogens (primary N) is 1. The molecule has 112 valence electrons. The Balaban J connectivity index is 2.32. The average Bonchev–Trinajstić information content (AvgIpc) is 2.45. The summed E-state index contributed by atoms with van der Waals surface area (Å²) in [5, 5.41) is 0. The molecule has 0 aromatic heterocycles. The van der Waals surface area contributed by atoms with E-state index in [-0.39, 0.29) is 12.3 Å². The maximum atomic E-state index is 13.7. The van der Waals surface area contributed by atoms with Gasteiger partial charge in [0.2, 0.25) is 0 Å². The van der Waals surface area contributed by atoms with Crippen LogP contribution in [0.15, 0.2) is 53.4 Å². The largest absolute Gasteiger partial charge is 0.330 e. The van der Waals surface area contributed by atoms with E-state index in [2.05, 4.69) is 0 Å². The van der Waals surface area contributed by atoms with E-state index >= 15 is 0 Å². The van der Waals surface area contributed by atoms with Crippen molar-refractivity contribution < 1.29 is 17.2 Å². The van der Waals surface area contributed by atoms with E-state index in [4.69, 9.17) is 5.73 Å². The van der Waals surface area contributed by atoms with Gasteiger partial charge in [0.1, 0.15) is 16.5 Å². The number of hydrogen-bond acceptors (Lipinski definition) is 3. The highest BCUT2D eigenvalue weighted by Gasteiger charge is 2.24. The minimum absolute atomic E-state index is 0.117. The van der Waals surface area contributed by atoms with Crippen molar-refractivity contribution in [1.82, 2.24) is 0 Å². The molecular weight excluding hydrogens is 296 g/mol. The first-order chi connectivity index (χ1) is 9.94. The van der Waals surface area contributed by atoms with Crippen LogP contribution in [0.4, 0.5) is 8.78 Å². The zero-order valence-electron chi connectivity index (χ0n) is 11.2. The van der Waals surface area contributed by atoms with Crippen molar-refractivity contribution in [3.63, 3.8) is 0 Å². The normalized spacial score (nSPS) is 13.1. The Morgan fingerprint density at radius 1 is 1.05 bits per heavy atom. The van der Waals surface area contributed by atoms with E-state index in [1.54, 1.807) is 24.3 Å². The number of benzene rings is 2. The van der Waals surface area contributed by atoms with Gasteiger partial charge >= 0.3 is 0 Å². The fourth-order valence-electron chi connectivity index (χ4n) is 2.11. The second-order valence-electron chi connectivity index (χ2n) is 4.70. The van der Waals surface area contributed by atoms with Gasteiger partial charge in [0.05, 0.1) is 5.75 Å². The second-order valence-corrected chi connectivity index (χ2v) is 6.70. The van der Waals surface area contributed by atoms with Crippen LogP contribution in [0.1, 0.15) is 11.5 Å². The first-order valence-corrected chi connectivity index (χ1v) is 8.02. The predicted octanol–water partition coefficient (Wildman–Crippen LogP) is 2.48. The summed E-state index contributed by atoms with van der Waals surface area (Å²) in [6.07, 6.45) is 0. The van der Waals surface area contributed by atoms with Gasteiger partial charge in [-0.15, -0.1) is 0 Å². The molecule has 0 aliphatic carbocycles. The molecular formula is C15H15F2NO2S. The van der Waals surface area contributed by atoms with Gasteiger partial charge in [0, 0.05) is 18.5 Å². The smallest absolute Gasteiger partial charge is 0.181 e. The molecule has 21 heavy (non-hydrogen) atoms. The molecule has 0 radical (unpaired) electrons. The number of sulfone groups is 1. The fourth-order valence-corrected chi connectivity index (χ4v) is 3.78. The fraction of sp³-hybridized carbons (Fsp3) is 0.200. The Morgan fingerprint density at radius 3 is 2.29 bits per heavy atom. The maximum Gasteiger partial charge on any atom is 0.181 e. The van der Waals surface area contributed by atoms with Crippen LogP contribution in [0.25, 0.3) is 0 Å². The second kappa shape index (κ2) is 6.32. The third kappa shape index (κ3) is 3.65. The highest BCUT2D eigenvalue weighted by atomic mass is 32.2. The van der Waals surface area contributed by atoms with Gasteiger partial charge in [0.25, 0.3) is 0 Å². The molecule has 2 aromatic carbocycles. The third-order valence-electron chi connectivity index (χ3n) is 3.21. The predicted molar refractivity (Wildman–Crippen MR) is 76.6 cm³/mol. The Hall–Kier alpha value is -1.79. The van der Waals surface area contributed by atoms with Crippen LogP contribution in [0.5, 0.6) is 0 Å². The minimum atomic E-state index is -3.89. The molecule has 0 saturated heterocycles. The molecule has 0 spiro atoms. The summed E-state index contributed by atoms with van der Waals surface area (Å²) < 4.78 is 51.1. The average molecular weight is 311 g/mol. The molecule has 2 aromatic rings. The Bertz CT molecular complexity index is 718. The molecule has 0 amide bonds. The Labute approximate surface area is 122 Å². The summed E-state index contributed by atoms with van der Waals surface area (Å²) >= 11 is 0. The molecule has 0 fully saturated rings. The lowest BCUT2D eigenvalue weighted by atomic mass is 10.0. The summed E-state index contributed by atoms with van der Waals surface area (Å²) in [4.78, 5) is -0.502. The van der Waals surface area contributed by atoms with Crippen molar-refractivity contribution in [2.75, 3.05) is 12.3 Å². The Kier molecular flexibility index (Phi) is 4.69. The molecule has 2 rings (SSSR count). The van der Waals surface area contributed by atoms with E-state index in [0.717, 1.165) is 17.7 Å². The van der Waals surface area contributed by atoms with Gasteiger partial charge in [-0.1, -0.05) is 30.3 Å². The van der Waals surface area contributed by atoms with E-state index in [1.165, 1.54) is 0 Å². The van der Waals surface area contributed by atoms with Crippen LogP contribution in [0.2, 0.25) is 0 Å². The Morgan fingerprint density at radius 2 is 1.71 bits per heavy atom. The SMILES string of the molecule is NCC(CS(=O)(=O)c1ccc(F)cc1F)c1ccccc1. The van der Waals surface area contributed by atoms with Crippen LogP contribution in [0, 0.1) is 11.6 Å². The summed E-state index contributed by atoms with van der Waals surface area (Å²) in [6, 6.07) is 11.3. The van der Waals surface area contributed by atoms with Crippen LogP contribution in [-0.2, 0) is 9.84 Å². The lowest BCUT2D eigenvalue weighted by Crippen LogP contribution is -2.22. The summed E-state index contributed by atoms with van der Waals surface area (Å²) in [7, 11) is -3.89. The molecule has 0 bridgehead atoms. The molecule has 0 aliphatic heterocycles. The van der Waals surface area contributed by atoms with Gasteiger partial charge in [0.15, 0.2) is 9.84 Å². The molecule has 2 N–H and O–H groups in total. The van der Waals surface area contributed by atoms with E-state index in [9.17, 15) is 17.2 Å². The molecule has 0 saturated carbocycles. The lowest BCUT2D eigenvalue weighted by molar-refractivity contribution is 0.546. The van der Waals surface area contributed by atoms with Crippen molar-refractivity contribution >= 4 is 9.84 Å². The molecule has 1 unspecified atom stereocenters. The van der Waals surface area contributed by atoms with Crippen LogP contribution < -0.4 is 5.73 Å². The zero-order chi connectivity index (χ0) is 15.5. The van der Waals surface area contributed by atoms with Crippen molar-refractivity contribution in [3.05, 3.63) is 65.7 Å². The van der Waals surface area contributed by atoms with Crippen molar-refractivity contribution in [2.24, 2.45) is 5.73 Å². The maximum absolute atomic E-state index is 13.7. The standard InChI is InChI=1S/C15H15F2NO2S/c16-13-6-7-15(14(17)8-13)21(19,20)10-12(9-18)11-4-2-1-3-5-11/h1-8,12H,9-10,18H2. The first kappa shape index (κ1) is 15.6. The van der Waals surface area contributed by atoms with Gasteiger partial charge < -0.3 is 5.73 Å². The van der Waals surface area contributed by atoms with E-state index in [1.807, 2.05) is 6.07 Å². The highest BCUT2D eigenvalue weighted by molar-refractivity contribution is 7.91. The van der Waals surface area contributed by atoms with Gasteiger partial charge in [-0.2, -0.15) is 0 Å². The summed E-state index contributed by atoms with van der Waals surface area (Å²) in [5.41, 5.74) is 6.40. The summed E-state index contributed by atoms with van der Waals surface area (Å²) in [5.74, 6) is -2.67. The van der Waals surface area contributed by atoms with Crippen molar-refractivity contribution in [1.29, 1.82) is 0 Å². The van der Waals surface area contributed by atoms with Gasteiger partial charge in [-0.05, 0) is 17.7 Å². The first-order valence-electron chi connectivity index (χ1n) is 6.37. The zero-order valence-corrected chi connectivity index (χ0v) is 12.0. The van der Waals surface area contributed by atoms with Crippen LogP contribution in [0.3, 0.4) is 0 Å². The lowest BCUT2D eigenvalue weighted by Gasteiger charge is -2.15. The number of halogens is 2. The minimum Gasteiger partial charge on any atom is -0.330 e. The van der Waals surface area contributed by atoms with Crippen molar-refractivity contribution in [3.8, 4) is 0 Å². The quantitative estimate of drug-likeness (QED) is 0.863. The molecule has 0 heterocycles. The van der Waals surface area contributed by atoms with Crippen LogP contribution in [-0.4, -0.2) is 20.7 Å². The highest BCUT2D eigenvalue weighted by Crippen LogP contribution is 2.23. The number of rotatable bonds is 5. The van der Waals surface area contributed by atoms with E-state index < -0.39 is 32.3 Å². The van der Waals surface area contributed by atoms with Crippen molar-refractivity contribution in [2.45, 2.75) is 10.8 Å². The van der Waals surface area contributed by atoms with Gasteiger partial charge in [-0.3, -0.25) is 0 Å². The molecule has 1 atom stereocenters. The number of hydrogen-bond donors (Lipinski definition) is 1.